The number of carbonyl (C=O) groups is 1. The number of likely N-dealkylation sites (N-methyl/N-ethyl adjacent to an activating group) is 2. The largest absolute Gasteiger partial charge is 0.348 e. The number of halogens is 1. The number of amides is 1. The van der Waals surface area contributed by atoms with Gasteiger partial charge in [0.15, 0.2) is 0 Å². The van der Waals surface area contributed by atoms with Crippen LogP contribution >= 0.6 is 27.3 Å². The predicted octanol–water partition coefficient (Wildman–Crippen LogP) is 1.53. The summed E-state index contributed by atoms with van der Waals surface area (Å²) >= 11 is 4.61. The van der Waals surface area contributed by atoms with Crippen LogP contribution in [0.5, 0.6) is 0 Å². The summed E-state index contributed by atoms with van der Waals surface area (Å²) in [6.45, 7) is 1.58. The van der Waals surface area contributed by atoms with Crippen LogP contribution in [0.15, 0.2) is 14.7 Å². The molecule has 0 atom stereocenters. The Kier molecular flexibility index (Phi) is 4.93. The molecule has 5 nitrogen and oxygen atoms in total. The van der Waals surface area contributed by atoms with Crippen LogP contribution in [0.4, 0.5) is 0 Å². The third-order valence-corrected chi connectivity index (χ3v) is 6.00. The van der Waals surface area contributed by atoms with Crippen LogP contribution < -0.4 is 0 Å². The molecule has 0 unspecified atom stereocenters. The molecular formula is C10H15BrN2O3S2. The van der Waals surface area contributed by atoms with Crippen molar-refractivity contribution in [1.82, 2.24) is 9.21 Å². The van der Waals surface area contributed by atoms with E-state index >= 15 is 0 Å². The van der Waals surface area contributed by atoms with Crippen LogP contribution in [0.2, 0.25) is 0 Å². The van der Waals surface area contributed by atoms with E-state index in [9.17, 15) is 13.2 Å². The molecule has 0 fully saturated rings. The fourth-order valence-electron chi connectivity index (χ4n) is 1.27. The molecule has 0 aliphatic heterocycles. The number of hydrogen-bond donors (Lipinski definition) is 0. The standard InChI is InChI=1S/C10H15BrN2O3S2/c1-7-8(5-9(11)17-7)18(15,16)13(4)6-10(14)12(2)3/h5H,6H2,1-4H3. The topological polar surface area (TPSA) is 57.7 Å². The summed E-state index contributed by atoms with van der Waals surface area (Å²) in [7, 11) is 0.978. The Balaban J connectivity index is 3.00. The molecule has 0 saturated heterocycles. The smallest absolute Gasteiger partial charge is 0.244 e. The first-order valence-corrected chi connectivity index (χ1v) is 8.13. The van der Waals surface area contributed by atoms with Gasteiger partial charge in [0.1, 0.15) is 0 Å². The molecule has 1 amide bonds. The SMILES string of the molecule is Cc1sc(Br)cc1S(=O)(=O)N(C)CC(=O)N(C)C. The summed E-state index contributed by atoms with van der Waals surface area (Å²) in [5, 5.41) is 0. The van der Waals surface area contributed by atoms with Crippen molar-refractivity contribution in [3.8, 4) is 0 Å². The maximum absolute atomic E-state index is 12.3. The highest BCUT2D eigenvalue weighted by molar-refractivity contribution is 9.11. The zero-order chi connectivity index (χ0) is 14.1. The Bertz CT molecular complexity index is 551. The van der Waals surface area contributed by atoms with Crippen LogP contribution in [0.3, 0.4) is 0 Å². The van der Waals surface area contributed by atoms with Crippen molar-refractivity contribution >= 4 is 43.2 Å². The zero-order valence-electron chi connectivity index (χ0n) is 10.6. The number of rotatable bonds is 4. The maximum atomic E-state index is 12.3. The van der Waals surface area contributed by atoms with Gasteiger partial charge in [0.25, 0.3) is 0 Å². The van der Waals surface area contributed by atoms with E-state index in [1.807, 2.05) is 0 Å². The van der Waals surface area contributed by atoms with Crippen molar-refractivity contribution in [2.24, 2.45) is 0 Å². The first kappa shape index (κ1) is 15.6. The minimum atomic E-state index is -3.61. The molecule has 0 aliphatic carbocycles. The van der Waals surface area contributed by atoms with Gasteiger partial charge in [0.2, 0.25) is 15.9 Å². The van der Waals surface area contributed by atoms with Gasteiger partial charge in [0, 0.05) is 26.0 Å². The molecule has 0 aromatic carbocycles. The van der Waals surface area contributed by atoms with Crippen LogP contribution in [-0.4, -0.2) is 51.2 Å². The summed E-state index contributed by atoms with van der Waals surface area (Å²) in [6.07, 6.45) is 0. The number of sulfonamides is 1. The Morgan fingerprint density at radius 2 is 1.94 bits per heavy atom. The average Bonchev–Trinajstić information content (AvgIpc) is 2.57. The fraction of sp³-hybridized carbons (Fsp3) is 0.500. The van der Waals surface area contributed by atoms with Gasteiger partial charge in [-0.1, -0.05) is 0 Å². The van der Waals surface area contributed by atoms with Gasteiger partial charge < -0.3 is 4.90 Å². The van der Waals surface area contributed by atoms with E-state index in [2.05, 4.69) is 15.9 Å². The van der Waals surface area contributed by atoms with Gasteiger partial charge >= 0.3 is 0 Å². The molecular weight excluding hydrogens is 340 g/mol. The third kappa shape index (κ3) is 3.31. The zero-order valence-corrected chi connectivity index (χ0v) is 13.8. The lowest BCUT2D eigenvalue weighted by atomic mass is 10.5. The molecule has 1 heterocycles. The number of hydrogen-bond acceptors (Lipinski definition) is 4. The molecule has 1 aromatic rings. The first-order valence-electron chi connectivity index (χ1n) is 5.08. The van der Waals surface area contributed by atoms with Crippen molar-refractivity contribution in [1.29, 1.82) is 0 Å². The molecule has 0 saturated carbocycles. The second-order valence-electron chi connectivity index (χ2n) is 4.02. The second-order valence-corrected chi connectivity index (χ2v) is 8.67. The lowest BCUT2D eigenvalue weighted by Gasteiger charge is -2.18. The molecule has 0 bridgehead atoms. The second kappa shape index (κ2) is 5.68. The van der Waals surface area contributed by atoms with Crippen molar-refractivity contribution in [3.63, 3.8) is 0 Å². The normalized spacial score (nSPS) is 11.9. The van der Waals surface area contributed by atoms with Gasteiger partial charge in [0.05, 0.1) is 15.2 Å². The lowest BCUT2D eigenvalue weighted by Crippen LogP contribution is -2.37. The molecule has 0 spiro atoms. The van der Waals surface area contributed by atoms with Gasteiger partial charge in [-0.2, -0.15) is 4.31 Å². The average molecular weight is 355 g/mol. The third-order valence-electron chi connectivity index (χ3n) is 2.39. The summed E-state index contributed by atoms with van der Waals surface area (Å²) < 4.78 is 26.4. The van der Waals surface area contributed by atoms with E-state index in [1.165, 1.54) is 23.3 Å². The molecule has 0 radical (unpaired) electrons. The van der Waals surface area contributed by atoms with Gasteiger partial charge in [-0.15, -0.1) is 11.3 Å². The van der Waals surface area contributed by atoms with E-state index in [0.717, 1.165) is 8.09 Å². The quantitative estimate of drug-likeness (QED) is 0.823. The van der Waals surface area contributed by atoms with Crippen LogP contribution in [0.25, 0.3) is 0 Å². The molecule has 1 aromatic heterocycles. The summed E-state index contributed by atoms with van der Waals surface area (Å²) in [5.41, 5.74) is 0. The maximum Gasteiger partial charge on any atom is 0.244 e. The highest BCUT2D eigenvalue weighted by atomic mass is 79.9. The predicted molar refractivity (Wildman–Crippen MR) is 75.3 cm³/mol. The van der Waals surface area contributed by atoms with Gasteiger partial charge in [-0.05, 0) is 28.9 Å². The number of nitrogens with zero attached hydrogens (tertiary/aromatic N) is 2. The lowest BCUT2D eigenvalue weighted by molar-refractivity contribution is -0.128. The minimum absolute atomic E-state index is 0.164. The number of carbonyl (C=O) groups excluding carboxylic acids is 1. The van der Waals surface area contributed by atoms with Gasteiger partial charge in [-0.25, -0.2) is 8.42 Å². The molecule has 0 aliphatic rings. The van der Waals surface area contributed by atoms with E-state index < -0.39 is 10.0 Å². The Morgan fingerprint density at radius 1 is 1.39 bits per heavy atom. The number of aryl methyl sites for hydroxylation is 1. The first-order chi connectivity index (χ1) is 8.16. The van der Waals surface area contributed by atoms with Crippen molar-refractivity contribution in [3.05, 3.63) is 14.7 Å². The van der Waals surface area contributed by atoms with Crippen molar-refractivity contribution in [2.45, 2.75) is 11.8 Å². The van der Waals surface area contributed by atoms with Crippen LogP contribution in [0, 0.1) is 6.92 Å². The molecule has 0 N–H and O–H groups in total. The highest BCUT2D eigenvalue weighted by Gasteiger charge is 2.26. The molecule has 1 rings (SSSR count). The Morgan fingerprint density at radius 3 is 2.33 bits per heavy atom. The summed E-state index contributed by atoms with van der Waals surface area (Å²) in [5.74, 6) is -0.256. The Hall–Kier alpha value is -0.440. The fourth-order valence-corrected chi connectivity index (χ4v) is 4.77. The van der Waals surface area contributed by atoms with Crippen molar-refractivity contribution in [2.75, 3.05) is 27.7 Å². The minimum Gasteiger partial charge on any atom is -0.348 e. The summed E-state index contributed by atoms with van der Waals surface area (Å²) in [4.78, 5) is 13.8. The molecule has 18 heavy (non-hydrogen) atoms. The van der Waals surface area contributed by atoms with Gasteiger partial charge in [-0.3, -0.25) is 4.79 Å². The van der Waals surface area contributed by atoms with E-state index in [-0.39, 0.29) is 17.3 Å². The van der Waals surface area contributed by atoms with Crippen molar-refractivity contribution < 1.29 is 13.2 Å². The van der Waals surface area contributed by atoms with E-state index in [4.69, 9.17) is 0 Å². The van der Waals surface area contributed by atoms with E-state index in [1.54, 1.807) is 27.1 Å². The highest BCUT2D eigenvalue weighted by Crippen LogP contribution is 2.31. The monoisotopic (exact) mass is 354 g/mol. The summed E-state index contributed by atoms with van der Waals surface area (Å²) in [6, 6.07) is 1.56. The van der Waals surface area contributed by atoms with Crippen LogP contribution in [0.1, 0.15) is 4.88 Å². The molecule has 8 heteroatoms. The van der Waals surface area contributed by atoms with E-state index in [0.29, 0.717) is 4.88 Å². The number of thiophene rings is 1. The van der Waals surface area contributed by atoms with Crippen LogP contribution in [-0.2, 0) is 14.8 Å². The molecule has 102 valence electrons. The Labute approximate surface area is 120 Å².